The topological polar surface area (TPSA) is 63.5 Å². The fourth-order valence-electron chi connectivity index (χ4n) is 2.57. The van der Waals surface area contributed by atoms with Crippen molar-refractivity contribution in [3.8, 4) is 11.5 Å². The summed E-state index contributed by atoms with van der Waals surface area (Å²) in [4.78, 5) is 12.1. The standard InChI is InChI=1S/C20H16ClF3N2O3/c1-12-10-16(18(28-12)20(22,23)24)26-19(27)25-11-14-15(21)8-5-9-17(14)29-13-6-3-2-4-7-13/h2-10H,11H2,1H3,(H2,25,26,27). The lowest BCUT2D eigenvalue weighted by Gasteiger charge is -2.14. The van der Waals surface area contributed by atoms with Crippen molar-refractivity contribution in [2.24, 2.45) is 0 Å². The second-order valence-electron chi connectivity index (χ2n) is 6.04. The summed E-state index contributed by atoms with van der Waals surface area (Å²) in [7, 11) is 0. The number of carbonyl (C=O) groups excluding carboxylic acids is 1. The summed E-state index contributed by atoms with van der Waals surface area (Å²) in [5.74, 6) is -0.253. The van der Waals surface area contributed by atoms with Crippen LogP contribution in [-0.2, 0) is 12.7 Å². The van der Waals surface area contributed by atoms with Gasteiger partial charge in [-0.3, -0.25) is 0 Å². The van der Waals surface area contributed by atoms with Crippen molar-refractivity contribution < 1.29 is 27.1 Å². The number of halogens is 4. The van der Waals surface area contributed by atoms with E-state index in [-0.39, 0.29) is 12.3 Å². The smallest absolute Gasteiger partial charge is 0.451 e. The van der Waals surface area contributed by atoms with Gasteiger partial charge in [-0.2, -0.15) is 13.2 Å². The lowest BCUT2D eigenvalue weighted by atomic mass is 10.2. The molecule has 9 heteroatoms. The second-order valence-corrected chi connectivity index (χ2v) is 6.44. The van der Waals surface area contributed by atoms with Crippen LogP contribution in [0.3, 0.4) is 0 Å². The van der Waals surface area contributed by atoms with E-state index >= 15 is 0 Å². The SMILES string of the molecule is Cc1cc(NC(=O)NCc2c(Cl)cccc2Oc2ccccc2)c(C(F)(F)F)o1. The van der Waals surface area contributed by atoms with Crippen LogP contribution in [-0.4, -0.2) is 6.03 Å². The molecule has 0 bridgehead atoms. The predicted molar refractivity (Wildman–Crippen MR) is 102 cm³/mol. The third kappa shape index (κ3) is 5.23. The van der Waals surface area contributed by atoms with Crippen molar-refractivity contribution in [1.29, 1.82) is 0 Å². The molecule has 0 aliphatic heterocycles. The summed E-state index contributed by atoms with van der Waals surface area (Å²) in [6, 6.07) is 14.2. The minimum atomic E-state index is -4.73. The van der Waals surface area contributed by atoms with Crippen molar-refractivity contribution in [3.05, 3.63) is 76.7 Å². The molecule has 0 fully saturated rings. The third-order valence-corrected chi connectivity index (χ3v) is 4.19. The number of aryl methyl sites for hydroxylation is 1. The molecule has 0 atom stereocenters. The zero-order chi connectivity index (χ0) is 21.0. The Morgan fingerprint density at radius 1 is 1.14 bits per heavy atom. The molecule has 2 N–H and O–H groups in total. The van der Waals surface area contributed by atoms with E-state index < -0.39 is 23.7 Å². The Hall–Kier alpha value is -3.13. The Morgan fingerprint density at radius 2 is 1.86 bits per heavy atom. The van der Waals surface area contributed by atoms with Gasteiger partial charge in [0.25, 0.3) is 0 Å². The van der Waals surface area contributed by atoms with E-state index in [0.717, 1.165) is 6.07 Å². The van der Waals surface area contributed by atoms with Crippen molar-refractivity contribution in [2.45, 2.75) is 19.6 Å². The highest BCUT2D eigenvalue weighted by molar-refractivity contribution is 6.31. The molecule has 0 aliphatic carbocycles. The van der Waals surface area contributed by atoms with Gasteiger partial charge in [0.2, 0.25) is 5.76 Å². The molecule has 2 aromatic carbocycles. The molecule has 1 aromatic heterocycles. The van der Waals surface area contributed by atoms with Gasteiger partial charge in [-0.15, -0.1) is 0 Å². The number of urea groups is 1. The van der Waals surface area contributed by atoms with E-state index in [2.05, 4.69) is 15.1 Å². The third-order valence-electron chi connectivity index (χ3n) is 3.83. The van der Waals surface area contributed by atoms with Gasteiger partial charge >= 0.3 is 12.2 Å². The lowest BCUT2D eigenvalue weighted by molar-refractivity contribution is -0.152. The molecular formula is C20H16ClF3N2O3. The molecule has 0 aliphatic rings. The molecule has 3 rings (SSSR count). The number of anilines is 1. The molecular weight excluding hydrogens is 409 g/mol. The summed E-state index contributed by atoms with van der Waals surface area (Å²) in [5, 5.41) is 4.97. The average Bonchev–Trinajstić information content (AvgIpc) is 3.02. The van der Waals surface area contributed by atoms with Crippen LogP contribution in [0.25, 0.3) is 0 Å². The van der Waals surface area contributed by atoms with Crippen LogP contribution in [0.4, 0.5) is 23.7 Å². The maximum absolute atomic E-state index is 13.0. The zero-order valence-electron chi connectivity index (χ0n) is 15.1. The Balaban J connectivity index is 1.71. The highest BCUT2D eigenvalue weighted by Gasteiger charge is 2.38. The van der Waals surface area contributed by atoms with Crippen LogP contribution in [0.15, 0.2) is 59.0 Å². The number of hydrogen-bond donors (Lipinski definition) is 2. The normalized spacial score (nSPS) is 11.2. The summed E-state index contributed by atoms with van der Waals surface area (Å²) in [6.07, 6.45) is -4.73. The molecule has 5 nitrogen and oxygen atoms in total. The Bertz CT molecular complexity index is 1000. The number of rotatable bonds is 5. The molecule has 2 amide bonds. The molecule has 0 radical (unpaired) electrons. The van der Waals surface area contributed by atoms with Gasteiger partial charge in [0.1, 0.15) is 17.3 Å². The molecule has 3 aromatic rings. The maximum atomic E-state index is 13.0. The van der Waals surface area contributed by atoms with Gasteiger partial charge in [-0.1, -0.05) is 35.9 Å². The van der Waals surface area contributed by atoms with Gasteiger partial charge < -0.3 is 19.8 Å². The van der Waals surface area contributed by atoms with Crippen LogP contribution in [0.1, 0.15) is 17.1 Å². The maximum Gasteiger partial charge on any atom is 0.451 e. The van der Waals surface area contributed by atoms with E-state index in [9.17, 15) is 18.0 Å². The van der Waals surface area contributed by atoms with E-state index in [1.165, 1.54) is 6.92 Å². The Morgan fingerprint density at radius 3 is 2.55 bits per heavy atom. The van der Waals surface area contributed by atoms with Gasteiger partial charge in [-0.25, -0.2) is 4.79 Å². The van der Waals surface area contributed by atoms with Crippen LogP contribution in [0, 0.1) is 6.92 Å². The number of benzene rings is 2. The van der Waals surface area contributed by atoms with Gasteiger partial charge in [0.15, 0.2) is 0 Å². The molecule has 0 unspecified atom stereocenters. The van der Waals surface area contributed by atoms with Crippen molar-refractivity contribution in [1.82, 2.24) is 5.32 Å². The molecule has 0 saturated heterocycles. The lowest BCUT2D eigenvalue weighted by Crippen LogP contribution is -2.29. The number of furan rings is 1. The monoisotopic (exact) mass is 424 g/mol. The van der Waals surface area contributed by atoms with Crippen LogP contribution in [0.2, 0.25) is 5.02 Å². The quantitative estimate of drug-likeness (QED) is 0.500. The number of nitrogens with one attached hydrogen (secondary N) is 2. The largest absolute Gasteiger partial charge is 0.457 e. The Kier molecular flexibility index (Phi) is 6.03. The second kappa shape index (κ2) is 8.48. The molecule has 29 heavy (non-hydrogen) atoms. The number of hydrogen-bond acceptors (Lipinski definition) is 3. The molecule has 0 spiro atoms. The van der Waals surface area contributed by atoms with Gasteiger partial charge in [0, 0.05) is 23.2 Å². The minimum absolute atomic E-state index is 0.0253. The summed E-state index contributed by atoms with van der Waals surface area (Å²) in [5.41, 5.74) is 0.0139. The van der Waals surface area contributed by atoms with Crippen LogP contribution < -0.4 is 15.4 Å². The first-order chi connectivity index (χ1) is 13.7. The summed E-state index contributed by atoms with van der Waals surface area (Å²) < 4.78 is 49.4. The summed E-state index contributed by atoms with van der Waals surface area (Å²) in [6.45, 7) is 1.29. The predicted octanol–water partition coefficient (Wildman–Crippen LogP) is 6.37. The van der Waals surface area contributed by atoms with Crippen molar-refractivity contribution >= 4 is 23.3 Å². The van der Waals surface area contributed by atoms with E-state index in [1.807, 2.05) is 6.07 Å². The highest BCUT2D eigenvalue weighted by atomic mass is 35.5. The number of amides is 2. The number of ether oxygens (including phenoxy) is 1. The average molecular weight is 425 g/mol. The number of para-hydroxylation sites is 1. The number of carbonyl (C=O) groups is 1. The number of alkyl halides is 3. The Labute approximate surface area is 169 Å². The van der Waals surface area contributed by atoms with Crippen LogP contribution in [0.5, 0.6) is 11.5 Å². The molecule has 0 saturated carbocycles. The first-order valence-electron chi connectivity index (χ1n) is 8.47. The van der Waals surface area contributed by atoms with E-state index in [4.69, 9.17) is 16.3 Å². The highest BCUT2D eigenvalue weighted by Crippen LogP contribution is 2.37. The van der Waals surface area contributed by atoms with Crippen molar-refractivity contribution in [3.63, 3.8) is 0 Å². The first-order valence-corrected chi connectivity index (χ1v) is 8.84. The zero-order valence-corrected chi connectivity index (χ0v) is 15.9. The minimum Gasteiger partial charge on any atom is -0.457 e. The van der Waals surface area contributed by atoms with Crippen molar-refractivity contribution in [2.75, 3.05) is 5.32 Å². The first kappa shape index (κ1) is 20.6. The van der Waals surface area contributed by atoms with Crippen LogP contribution >= 0.6 is 11.6 Å². The fraction of sp³-hybridized carbons (Fsp3) is 0.150. The molecule has 1 heterocycles. The molecule has 152 valence electrons. The fourth-order valence-corrected chi connectivity index (χ4v) is 2.81. The van der Waals surface area contributed by atoms with E-state index in [1.54, 1.807) is 42.5 Å². The summed E-state index contributed by atoms with van der Waals surface area (Å²) >= 11 is 6.21. The van der Waals surface area contributed by atoms with E-state index in [0.29, 0.717) is 22.1 Å². The van der Waals surface area contributed by atoms with Gasteiger partial charge in [-0.05, 0) is 31.2 Å². The van der Waals surface area contributed by atoms with Gasteiger partial charge in [0.05, 0.1) is 5.69 Å².